The minimum absolute atomic E-state index is 0.00354. The summed E-state index contributed by atoms with van der Waals surface area (Å²) >= 11 is 0. The Kier molecular flexibility index (Phi) is 2.18. The first-order chi connectivity index (χ1) is 5.00. The molecule has 1 saturated heterocycles. The Morgan fingerprint density at radius 3 is 2.55 bits per heavy atom. The standard InChI is InChI=1S/C8H15NO2/c1-8(2,3)6-4-11-5-7(10)9-6/h6H,4-5H2,1-3H3,(H,9,10)/t6-/m1/s1. The Morgan fingerprint density at radius 2 is 2.18 bits per heavy atom. The van der Waals surface area contributed by atoms with Gasteiger partial charge in [-0.3, -0.25) is 4.79 Å². The summed E-state index contributed by atoms with van der Waals surface area (Å²) in [4.78, 5) is 10.9. The van der Waals surface area contributed by atoms with E-state index in [0.29, 0.717) is 6.61 Å². The van der Waals surface area contributed by atoms with E-state index < -0.39 is 0 Å². The van der Waals surface area contributed by atoms with Crippen LogP contribution in [0.2, 0.25) is 0 Å². The van der Waals surface area contributed by atoms with Crippen LogP contribution in [0.3, 0.4) is 0 Å². The monoisotopic (exact) mass is 157 g/mol. The maximum atomic E-state index is 10.9. The van der Waals surface area contributed by atoms with Crippen molar-refractivity contribution in [3.8, 4) is 0 Å². The van der Waals surface area contributed by atoms with Crippen molar-refractivity contribution in [3.63, 3.8) is 0 Å². The third-order valence-electron chi connectivity index (χ3n) is 1.90. The summed E-state index contributed by atoms with van der Waals surface area (Å²) in [6, 6.07) is 0.156. The van der Waals surface area contributed by atoms with E-state index in [9.17, 15) is 4.79 Å². The van der Waals surface area contributed by atoms with E-state index in [1.165, 1.54) is 0 Å². The zero-order chi connectivity index (χ0) is 8.48. The van der Waals surface area contributed by atoms with Crippen molar-refractivity contribution in [1.29, 1.82) is 0 Å². The van der Waals surface area contributed by atoms with Crippen molar-refractivity contribution in [3.05, 3.63) is 0 Å². The topological polar surface area (TPSA) is 38.3 Å². The summed E-state index contributed by atoms with van der Waals surface area (Å²) in [6.45, 7) is 7.12. The summed E-state index contributed by atoms with van der Waals surface area (Å²) in [7, 11) is 0. The van der Waals surface area contributed by atoms with E-state index in [2.05, 4.69) is 26.1 Å². The molecule has 0 bridgehead atoms. The fourth-order valence-corrected chi connectivity index (χ4v) is 1.01. The Labute approximate surface area is 67.1 Å². The summed E-state index contributed by atoms with van der Waals surface area (Å²) in [5, 5.41) is 2.89. The van der Waals surface area contributed by atoms with E-state index in [1.54, 1.807) is 0 Å². The van der Waals surface area contributed by atoms with Gasteiger partial charge in [0.2, 0.25) is 5.91 Å². The van der Waals surface area contributed by atoms with Gasteiger partial charge in [0.15, 0.2) is 0 Å². The largest absolute Gasteiger partial charge is 0.369 e. The van der Waals surface area contributed by atoms with Gasteiger partial charge in [0, 0.05) is 0 Å². The Balaban J connectivity index is 2.53. The van der Waals surface area contributed by atoms with Crippen molar-refractivity contribution < 1.29 is 9.53 Å². The number of carbonyl (C=O) groups excluding carboxylic acids is 1. The van der Waals surface area contributed by atoms with Crippen LogP contribution in [0.1, 0.15) is 20.8 Å². The molecule has 0 unspecified atom stereocenters. The number of amides is 1. The van der Waals surface area contributed by atoms with Crippen LogP contribution in [-0.2, 0) is 9.53 Å². The van der Waals surface area contributed by atoms with Gasteiger partial charge in [0.25, 0.3) is 0 Å². The van der Waals surface area contributed by atoms with Gasteiger partial charge in [-0.25, -0.2) is 0 Å². The number of morpholine rings is 1. The lowest BCUT2D eigenvalue weighted by Gasteiger charge is -2.34. The van der Waals surface area contributed by atoms with E-state index in [4.69, 9.17) is 4.74 Å². The second-order valence-electron chi connectivity index (χ2n) is 4.00. The lowest BCUT2D eigenvalue weighted by atomic mass is 9.87. The number of ether oxygens (including phenoxy) is 1. The average molecular weight is 157 g/mol. The highest BCUT2D eigenvalue weighted by atomic mass is 16.5. The first-order valence-corrected chi connectivity index (χ1v) is 3.87. The molecule has 0 aromatic rings. The van der Waals surface area contributed by atoms with Crippen LogP contribution in [0.5, 0.6) is 0 Å². The average Bonchev–Trinajstić information content (AvgIpc) is 1.86. The molecule has 1 aliphatic heterocycles. The van der Waals surface area contributed by atoms with Crippen LogP contribution in [0.25, 0.3) is 0 Å². The van der Waals surface area contributed by atoms with Gasteiger partial charge in [-0.05, 0) is 5.41 Å². The number of rotatable bonds is 0. The second-order valence-corrected chi connectivity index (χ2v) is 4.00. The fourth-order valence-electron chi connectivity index (χ4n) is 1.01. The van der Waals surface area contributed by atoms with Crippen molar-refractivity contribution in [2.45, 2.75) is 26.8 Å². The van der Waals surface area contributed by atoms with Gasteiger partial charge in [-0.2, -0.15) is 0 Å². The van der Waals surface area contributed by atoms with Crippen molar-refractivity contribution in [1.82, 2.24) is 5.32 Å². The van der Waals surface area contributed by atoms with Crippen LogP contribution in [0, 0.1) is 5.41 Å². The SMILES string of the molecule is CC(C)(C)[C@H]1COCC(=O)N1. The molecule has 0 aliphatic carbocycles. The van der Waals surface area contributed by atoms with Crippen LogP contribution < -0.4 is 5.32 Å². The molecule has 1 N–H and O–H groups in total. The highest BCUT2D eigenvalue weighted by molar-refractivity contribution is 5.78. The van der Waals surface area contributed by atoms with Crippen LogP contribution in [0.4, 0.5) is 0 Å². The van der Waals surface area contributed by atoms with Crippen LogP contribution in [-0.4, -0.2) is 25.2 Å². The number of nitrogens with one attached hydrogen (secondary N) is 1. The third kappa shape index (κ3) is 2.19. The first kappa shape index (κ1) is 8.53. The summed E-state index contributed by atoms with van der Waals surface area (Å²) < 4.78 is 5.11. The Morgan fingerprint density at radius 1 is 1.55 bits per heavy atom. The highest BCUT2D eigenvalue weighted by Gasteiger charge is 2.29. The molecular weight excluding hydrogens is 142 g/mol. The van der Waals surface area contributed by atoms with Gasteiger partial charge >= 0.3 is 0 Å². The Hall–Kier alpha value is -0.570. The van der Waals surface area contributed by atoms with E-state index in [1.807, 2.05) is 0 Å². The predicted molar refractivity (Wildman–Crippen MR) is 42.2 cm³/mol. The van der Waals surface area contributed by atoms with E-state index >= 15 is 0 Å². The van der Waals surface area contributed by atoms with E-state index in [-0.39, 0.29) is 24.0 Å². The molecule has 1 aliphatic rings. The molecular formula is C8H15NO2. The molecule has 0 aromatic heterocycles. The minimum Gasteiger partial charge on any atom is -0.369 e. The van der Waals surface area contributed by atoms with Gasteiger partial charge in [-0.15, -0.1) is 0 Å². The molecule has 3 heteroatoms. The molecule has 0 aromatic carbocycles. The highest BCUT2D eigenvalue weighted by Crippen LogP contribution is 2.20. The van der Waals surface area contributed by atoms with Gasteiger partial charge in [0.05, 0.1) is 12.6 Å². The molecule has 1 heterocycles. The lowest BCUT2D eigenvalue weighted by molar-refractivity contribution is -0.133. The minimum atomic E-state index is -0.00354. The fraction of sp³-hybridized carbons (Fsp3) is 0.875. The second kappa shape index (κ2) is 2.81. The maximum Gasteiger partial charge on any atom is 0.246 e. The summed E-state index contributed by atoms with van der Waals surface area (Å²) in [6.07, 6.45) is 0. The molecule has 1 atom stereocenters. The smallest absolute Gasteiger partial charge is 0.246 e. The normalized spacial score (nSPS) is 26.5. The molecule has 3 nitrogen and oxygen atoms in total. The van der Waals surface area contributed by atoms with Gasteiger partial charge < -0.3 is 10.1 Å². The molecule has 0 saturated carbocycles. The molecule has 1 rings (SSSR count). The molecule has 11 heavy (non-hydrogen) atoms. The third-order valence-corrected chi connectivity index (χ3v) is 1.90. The molecule has 64 valence electrons. The molecule has 0 radical (unpaired) electrons. The molecule has 1 amide bonds. The first-order valence-electron chi connectivity index (χ1n) is 3.87. The summed E-state index contributed by atoms with van der Waals surface area (Å²) in [5.41, 5.74) is 0.0933. The predicted octanol–water partition coefficient (Wildman–Crippen LogP) is 0.547. The van der Waals surface area contributed by atoms with Crippen LogP contribution in [0.15, 0.2) is 0 Å². The zero-order valence-corrected chi connectivity index (χ0v) is 7.31. The lowest BCUT2D eigenvalue weighted by Crippen LogP contribution is -2.52. The maximum absolute atomic E-state index is 10.9. The van der Waals surface area contributed by atoms with Gasteiger partial charge in [0.1, 0.15) is 6.61 Å². The van der Waals surface area contributed by atoms with E-state index in [0.717, 1.165) is 0 Å². The van der Waals surface area contributed by atoms with Gasteiger partial charge in [-0.1, -0.05) is 20.8 Å². The molecule has 0 spiro atoms. The van der Waals surface area contributed by atoms with Crippen molar-refractivity contribution >= 4 is 5.91 Å². The number of carbonyl (C=O) groups is 1. The van der Waals surface area contributed by atoms with Crippen molar-refractivity contribution in [2.24, 2.45) is 5.41 Å². The Bertz CT molecular complexity index is 160. The quantitative estimate of drug-likeness (QED) is 0.557. The number of hydrogen-bond acceptors (Lipinski definition) is 2. The summed E-state index contributed by atoms with van der Waals surface area (Å²) in [5.74, 6) is -0.00354. The zero-order valence-electron chi connectivity index (χ0n) is 7.31. The van der Waals surface area contributed by atoms with Crippen molar-refractivity contribution in [2.75, 3.05) is 13.2 Å². The van der Waals surface area contributed by atoms with Crippen LogP contribution >= 0.6 is 0 Å². The molecule has 1 fully saturated rings. The number of hydrogen-bond donors (Lipinski definition) is 1.